The first-order valence-electron chi connectivity index (χ1n) is 5.14. The second-order valence-electron chi connectivity index (χ2n) is 3.43. The SMILES string of the molecule is O=C(O)Cc1ccc(NC(=O)Nc2nncs2)cn1. The van der Waals surface area contributed by atoms with Crippen molar-refractivity contribution < 1.29 is 14.7 Å². The van der Waals surface area contributed by atoms with E-state index in [0.717, 1.165) is 0 Å². The van der Waals surface area contributed by atoms with Gasteiger partial charge in [-0.05, 0) is 12.1 Å². The van der Waals surface area contributed by atoms with Crippen LogP contribution in [0, 0.1) is 0 Å². The Morgan fingerprint density at radius 3 is 2.74 bits per heavy atom. The summed E-state index contributed by atoms with van der Waals surface area (Å²) in [5.74, 6) is -0.956. The zero-order valence-corrected chi connectivity index (χ0v) is 10.3. The van der Waals surface area contributed by atoms with Crippen molar-refractivity contribution in [1.82, 2.24) is 15.2 Å². The molecular formula is C10H9N5O3S. The van der Waals surface area contributed by atoms with Crippen molar-refractivity contribution in [3.8, 4) is 0 Å². The Bertz CT molecular complexity index is 569. The van der Waals surface area contributed by atoms with Crippen LogP contribution < -0.4 is 10.6 Å². The van der Waals surface area contributed by atoms with Gasteiger partial charge in [0.05, 0.1) is 24.0 Å². The molecule has 2 aromatic heterocycles. The zero-order chi connectivity index (χ0) is 13.7. The van der Waals surface area contributed by atoms with E-state index in [1.165, 1.54) is 29.1 Å². The molecule has 0 aliphatic heterocycles. The second kappa shape index (κ2) is 5.87. The van der Waals surface area contributed by atoms with Gasteiger partial charge in [-0.1, -0.05) is 11.3 Å². The fourth-order valence-electron chi connectivity index (χ4n) is 1.24. The van der Waals surface area contributed by atoms with Crippen molar-refractivity contribution in [3.63, 3.8) is 0 Å². The summed E-state index contributed by atoms with van der Waals surface area (Å²) in [4.78, 5) is 25.9. The number of hydrogen-bond acceptors (Lipinski definition) is 6. The summed E-state index contributed by atoms with van der Waals surface area (Å²) >= 11 is 1.20. The van der Waals surface area contributed by atoms with Crippen molar-refractivity contribution in [3.05, 3.63) is 29.5 Å². The lowest BCUT2D eigenvalue weighted by molar-refractivity contribution is -0.136. The van der Waals surface area contributed by atoms with E-state index in [0.29, 0.717) is 16.5 Å². The van der Waals surface area contributed by atoms with Gasteiger partial charge in [0.15, 0.2) is 0 Å². The molecule has 0 saturated heterocycles. The molecular weight excluding hydrogens is 270 g/mol. The van der Waals surface area contributed by atoms with E-state index in [1.54, 1.807) is 6.07 Å². The molecule has 2 amide bonds. The van der Waals surface area contributed by atoms with Crippen LogP contribution in [0.1, 0.15) is 5.69 Å². The summed E-state index contributed by atoms with van der Waals surface area (Å²) in [7, 11) is 0. The van der Waals surface area contributed by atoms with E-state index < -0.39 is 12.0 Å². The predicted molar refractivity (Wildman–Crippen MR) is 68.1 cm³/mol. The van der Waals surface area contributed by atoms with Gasteiger partial charge in [-0.15, -0.1) is 10.2 Å². The van der Waals surface area contributed by atoms with Gasteiger partial charge in [-0.3, -0.25) is 15.1 Å². The number of rotatable bonds is 4. The number of urea groups is 1. The molecule has 0 aliphatic carbocycles. The van der Waals surface area contributed by atoms with E-state index in [9.17, 15) is 9.59 Å². The van der Waals surface area contributed by atoms with Crippen molar-refractivity contribution in [2.75, 3.05) is 10.6 Å². The zero-order valence-electron chi connectivity index (χ0n) is 9.53. The maximum absolute atomic E-state index is 11.5. The lowest BCUT2D eigenvalue weighted by Crippen LogP contribution is -2.19. The van der Waals surface area contributed by atoms with E-state index in [2.05, 4.69) is 25.8 Å². The Labute approximate surface area is 111 Å². The molecule has 98 valence electrons. The summed E-state index contributed by atoms with van der Waals surface area (Å²) in [6.07, 6.45) is 1.23. The predicted octanol–water partition coefficient (Wildman–Crippen LogP) is 1.20. The van der Waals surface area contributed by atoms with Gasteiger partial charge in [-0.2, -0.15) is 0 Å². The topological polar surface area (TPSA) is 117 Å². The van der Waals surface area contributed by atoms with Crippen molar-refractivity contribution in [2.24, 2.45) is 0 Å². The van der Waals surface area contributed by atoms with E-state index in [4.69, 9.17) is 5.11 Å². The van der Waals surface area contributed by atoms with E-state index >= 15 is 0 Å². The number of aromatic nitrogens is 3. The fraction of sp³-hybridized carbons (Fsp3) is 0.100. The van der Waals surface area contributed by atoms with Crippen LogP contribution in [0.25, 0.3) is 0 Å². The Balaban J connectivity index is 1.92. The van der Waals surface area contributed by atoms with Crippen molar-refractivity contribution in [2.45, 2.75) is 6.42 Å². The highest BCUT2D eigenvalue weighted by Gasteiger charge is 2.06. The summed E-state index contributed by atoms with van der Waals surface area (Å²) in [5.41, 5.74) is 2.37. The van der Waals surface area contributed by atoms with Crippen molar-refractivity contribution >= 4 is 34.2 Å². The standard InChI is InChI=1S/C10H9N5O3S/c16-8(17)3-6-1-2-7(4-11-6)13-9(18)14-10-15-12-5-19-10/h1-2,4-5H,3H2,(H,16,17)(H2,13,14,15,18). The molecule has 0 atom stereocenters. The number of nitrogens with one attached hydrogen (secondary N) is 2. The van der Waals surface area contributed by atoms with Gasteiger partial charge < -0.3 is 10.4 Å². The lowest BCUT2D eigenvalue weighted by Gasteiger charge is -2.05. The number of pyridine rings is 1. The molecule has 2 heterocycles. The first-order valence-corrected chi connectivity index (χ1v) is 6.02. The minimum absolute atomic E-state index is 0.155. The molecule has 0 unspecified atom stereocenters. The maximum Gasteiger partial charge on any atom is 0.325 e. The van der Waals surface area contributed by atoms with Gasteiger partial charge in [0, 0.05) is 0 Å². The third-order valence-electron chi connectivity index (χ3n) is 2.00. The van der Waals surface area contributed by atoms with Crippen LogP contribution in [0.5, 0.6) is 0 Å². The number of carbonyl (C=O) groups is 2. The third-order valence-corrected chi connectivity index (χ3v) is 2.60. The Hall–Kier alpha value is -2.55. The van der Waals surface area contributed by atoms with Crippen LogP contribution in [-0.4, -0.2) is 32.3 Å². The number of anilines is 2. The number of hydrogen-bond donors (Lipinski definition) is 3. The number of amides is 2. The summed E-state index contributed by atoms with van der Waals surface area (Å²) < 4.78 is 0. The largest absolute Gasteiger partial charge is 0.481 e. The summed E-state index contributed by atoms with van der Waals surface area (Å²) in [6.45, 7) is 0. The molecule has 0 aliphatic rings. The molecule has 9 heteroatoms. The molecule has 2 rings (SSSR count). The number of aliphatic carboxylic acids is 1. The monoisotopic (exact) mass is 279 g/mol. The first kappa shape index (κ1) is 12.9. The van der Waals surface area contributed by atoms with Crippen LogP contribution in [0.15, 0.2) is 23.8 Å². The molecule has 0 aromatic carbocycles. The molecule has 0 fully saturated rings. The molecule has 19 heavy (non-hydrogen) atoms. The summed E-state index contributed by atoms with van der Waals surface area (Å²) in [5, 5.41) is 21.2. The Morgan fingerprint density at radius 2 is 2.16 bits per heavy atom. The third kappa shape index (κ3) is 4.00. The number of carboxylic acids is 1. The van der Waals surface area contributed by atoms with Crippen molar-refractivity contribution in [1.29, 1.82) is 0 Å². The molecule has 0 saturated carbocycles. The van der Waals surface area contributed by atoms with E-state index in [1.807, 2.05) is 0 Å². The normalized spacial score (nSPS) is 9.89. The molecule has 0 bridgehead atoms. The van der Waals surface area contributed by atoms with Crippen LogP contribution in [-0.2, 0) is 11.2 Å². The van der Waals surface area contributed by atoms with Crippen LogP contribution in [0.2, 0.25) is 0 Å². The molecule has 0 radical (unpaired) electrons. The van der Waals surface area contributed by atoms with E-state index in [-0.39, 0.29) is 6.42 Å². The smallest absolute Gasteiger partial charge is 0.325 e. The van der Waals surface area contributed by atoms with Gasteiger partial charge in [-0.25, -0.2) is 4.79 Å². The number of carboxylic acid groups (broad SMARTS) is 1. The highest BCUT2D eigenvalue weighted by molar-refractivity contribution is 7.13. The van der Waals surface area contributed by atoms with Crippen LogP contribution >= 0.6 is 11.3 Å². The molecule has 8 nitrogen and oxygen atoms in total. The van der Waals surface area contributed by atoms with Gasteiger partial charge in [0.25, 0.3) is 0 Å². The van der Waals surface area contributed by atoms with Crippen LogP contribution in [0.3, 0.4) is 0 Å². The lowest BCUT2D eigenvalue weighted by atomic mass is 10.2. The average molecular weight is 279 g/mol. The maximum atomic E-state index is 11.5. The minimum atomic E-state index is -0.956. The summed E-state index contributed by atoms with van der Waals surface area (Å²) in [6, 6.07) is 2.64. The second-order valence-corrected chi connectivity index (χ2v) is 4.26. The Kier molecular flexibility index (Phi) is 3.98. The average Bonchev–Trinajstić information content (AvgIpc) is 2.83. The highest BCUT2D eigenvalue weighted by atomic mass is 32.1. The highest BCUT2D eigenvalue weighted by Crippen LogP contribution is 2.10. The fourth-order valence-corrected chi connectivity index (χ4v) is 1.68. The Morgan fingerprint density at radius 1 is 1.32 bits per heavy atom. The first-order chi connectivity index (χ1) is 9.13. The number of nitrogens with zero attached hydrogens (tertiary/aromatic N) is 3. The minimum Gasteiger partial charge on any atom is -0.481 e. The molecule has 0 spiro atoms. The van der Waals surface area contributed by atoms with Gasteiger partial charge in [0.2, 0.25) is 5.13 Å². The number of carbonyl (C=O) groups excluding carboxylic acids is 1. The van der Waals surface area contributed by atoms with Crippen LogP contribution in [0.4, 0.5) is 15.6 Å². The molecule has 2 aromatic rings. The van der Waals surface area contributed by atoms with Gasteiger partial charge >= 0.3 is 12.0 Å². The molecule has 3 N–H and O–H groups in total. The van der Waals surface area contributed by atoms with Gasteiger partial charge in [0.1, 0.15) is 5.51 Å². The quantitative estimate of drug-likeness (QED) is 0.774.